The number of hydrogen-bond acceptors (Lipinski definition) is 1. The van der Waals surface area contributed by atoms with E-state index < -0.39 is 0 Å². The second-order valence-electron chi connectivity index (χ2n) is 3.77. The molecule has 1 aliphatic carbocycles. The molecule has 0 saturated heterocycles. The molecule has 0 unspecified atom stereocenters. The average molecular weight is 152 g/mol. The van der Waals surface area contributed by atoms with Crippen LogP contribution >= 0.6 is 0 Å². The van der Waals surface area contributed by atoms with E-state index in [0.717, 1.165) is 19.1 Å². The van der Waals surface area contributed by atoms with Crippen molar-refractivity contribution in [3.8, 4) is 0 Å². The van der Waals surface area contributed by atoms with Crippen LogP contribution in [0.4, 0.5) is 0 Å². The Bertz CT molecular complexity index is 193. The lowest BCUT2D eigenvalue weighted by Gasteiger charge is -2.34. The predicted octanol–water partition coefficient (Wildman–Crippen LogP) is 2.57. The Balaban J connectivity index is 2.96. The average Bonchev–Trinajstić information content (AvgIpc) is 2.00. The standard InChI is InChI=1S/C10H16O/c1-8-5-4-6-9(2)10(8,3)7-11/h5,7,9H,4,6H2,1-3H3/t9-,10-/m0/s1. The molecule has 0 heterocycles. The van der Waals surface area contributed by atoms with E-state index >= 15 is 0 Å². The molecule has 0 bridgehead atoms. The molecule has 62 valence electrons. The van der Waals surface area contributed by atoms with Crippen LogP contribution in [0.5, 0.6) is 0 Å². The van der Waals surface area contributed by atoms with Gasteiger partial charge in [-0.15, -0.1) is 0 Å². The van der Waals surface area contributed by atoms with Crippen molar-refractivity contribution < 1.29 is 4.79 Å². The third kappa shape index (κ3) is 1.24. The lowest BCUT2D eigenvalue weighted by Crippen LogP contribution is -2.30. The second-order valence-corrected chi connectivity index (χ2v) is 3.77. The lowest BCUT2D eigenvalue weighted by molar-refractivity contribution is -0.116. The van der Waals surface area contributed by atoms with E-state index in [9.17, 15) is 4.79 Å². The van der Waals surface area contributed by atoms with Gasteiger partial charge in [0, 0.05) is 5.41 Å². The van der Waals surface area contributed by atoms with Gasteiger partial charge in [0.2, 0.25) is 0 Å². The normalized spacial score (nSPS) is 38.1. The first-order chi connectivity index (χ1) is 5.11. The molecular formula is C10H16O. The maximum absolute atomic E-state index is 10.9. The molecule has 1 rings (SSSR count). The number of rotatable bonds is 1. The Morgan fingerprint density at radius 1 is 1.73 bits per heavy atom. The first kappa shape index (κ1) is 8.51. The summed E-state index contributed by atoms with van der Waals surface area (Å²) in [5.41, 5.74) is 1.06. The molecule has 0 radical (unpaired) electrons. The Kier molecular flexibility index (Phi) is 2.17. The summed E-state index contributed by atoms with van der Waals surface area (Å²) in [7, 11) is 0. The summed E-state index contributed by atoms with van der Waals surface area (Å²) in [6.45, 7) is 6.25. The van der Waals surface area contributed by atoms with Crippen LogP contribution in [0.3, 0.4) is 0 Å². The Morgan fingerprint density at radius 2 is 2.36 bits per heavy atom. The number of aldehydes is 1. The number of carbonyl (C=O) groups is 1. The van der Waals surface area contributed by atoms with Gasteiger partial charge in [-0.2, -0.15) is 0 Å². The molecule has 2 atom stereocenters. The van der Waals surface area contributed by atoms with Gasteiger partial charge in [-0.1, -0.05) is 18.6 Å². The summed E-state index contributed by atoms with van der Waals surface area (Å²) < 4.78 is 0. The molecular weight excluding hydrogens is 136 g/mol. The topological polar surface area (TPSA) is 17.1 Å². The fraction of sp³-hybridized carbons (Fsp3) is 0.700. The Labute approximate surface area is 68.5 Å². The minimum atomic E-state index is -0.182. The van der Waals surface area contributed by atoms with Crippen LogP contribution in [0.2, 0.25) is 0 Å². The fourth-order valence-corrected chi connectivity index (χ4v) is 1.67. The highest BCUT2D eigenvalue weighted by molar-refractivity contribution is 5.65. The molecule has 1 nitrogen and oxygen atoms in total. The summed E-state index contributed by atoms with van der Waals surface area (Å²) in [6, 6.07) is 0. The Hall–Kier alpha value is -0.590. The van der Waals surface area contributed by atoms with E-state index in [0.29, 0.717) is 5.92 Å². The highest BCUT2D eigenvalue weighted by Gasteiger charge is 2.34. The predicted molar refractivity (Wildman–Crippen MR) is 46.3 cm³/mol. The van der Waals surface area contributed by atoms with Crippen molar-refractivity contribution in [3.05, 3.63) is 11.6 Å². The van der Waals surface area contributed by atoms with Gasteiger partial charge in [-0.25, -0.2) is 0 Å². The third-order valence-corrected chi connectivity index (χ3v) is 3.17. The molecule has 0 aromatic carbocycles. The van der Waals surface area contributed by atoms with Gasteiger partial charge >= 0.3 is 0 Å². The van der Waals surface area contributed by atoms with Gasteiger partial charge in [0.05, 0.1) is 0 Å². The zero-order valence-corrected chi connectivity index (χ0v) is 7.55. The van der Waals surface area contributed by atoms with Gasteiger partial charge in [0.25, 0.3) is 0 Å². The third-order valence-electron chi connectivity index (χ3n) is 3.17. The molecule has 0 spiro atoms. The second kappa shape index (κ2) is 2.80. The first-order valence-electron chi connectivity index (χ1n) is 4.25. The number of carbonyl (C=O) groups excluding carboxylic acids is 1. The van der Waals surface area contributed by atoms with E-state index in [4.69, 9.17) is 0 Å². The molecule has 0 N–H and O–H groups in total. The van der Waals surface area contributed by atoms with E-state index in [1.54, 1.807) is 0 Å². The van der Waals surface area contributed by atoms with E-state index in [1.807, 2.05) is 6.92 Å². The van der Waals surface area contributed by atoms with Gasteiger partial charge in [-0.05, 0) is 32.6 Å². The maximum atomic E-state index is 10.9. The zero-order chi connectivity index (χ0) is 8.48. The van der Waals surface area contributed by atoms with Crippen LogP contribution in [0.1, 0.15) is 33.6 Å². The van der Waals surface area contributed by atoms with Crippen molar-refractivity contribution in [3.63, 3.8) is 0 Å². The summed E-state index contributed by atoms with van der Waals surface area (Å²) in [5, 5.41) is 0. The molecule has 1 heteroatoms. The van der Waals surface area contributed by atoms with Crippen molar-refractivity contribution in [1.29, 1.82) is 0 Å². The summed E-state index contributed by atoms with van der Waals surface area (Å²) in [4.78, 5) is 10.9. The molecule has 0 saturated carbocycles. The number of allylic oxidation sites excluding steroid dienone is 2. The lowest BCUT2D eigenvalue weighted by atomic mass is 9.69. The Morgan fingerprint density at radius 3 is 2.73 bits per heavy atom. The van der Waals surface area contributed by atoms with E-state index in [1.165, 1.54) is 5.57 Å². The molecule has 0 fully saturated rings. The highest BCUT2D eigenvalue weighted by Crippen LogP contribution is 2.39. The smallest absolute Gasteiger partial charge is 0.130 e. The van der Waals surface area contributed by atoms with Crippen LogP contribution in [-0.4, -0.2) is 6.29 Å². The van der Waals surface area contributed by atoms with Crippen LogP contribution in [0.15, 0.2) is 11.6 Å². The maximum Gasteiger partial charge on any atom is 0.130 e. The van der Waals surface area contributed by atoms with Crippen molar-refractivity contribution >= 4 is 6.29 Å². The molecule has 1 aliphatic rings. The molecule has 0 aromatic rings. The van der Waals surface area contributed by atoms with Crippen LogP contribution in [-0.2, 0) is 4.79 Å². The molecule has 0 aliphatic heterocycles. The van der Waals surface area contributed by atoms with Crippen LogP contribution in [0.25, 0.3) is 0 Å². The summed E-state index contributed by atoms with van der Waals surface area (Å²) >= 11 is 0. The largest absolute Gasteiger partial charge is 0.302 e. The van der Waals surface area contributed by atoms with Gasteiger partial charge in [0.15, 0.2) is 0 Å². The minimum Gasteiger partial charge on any atom is -0.302 e. The van der Waals surface area contributed by atoms with Crippen molar-refractivity contribution in [2.75, 3.05) is 0 Å². The summed E-state index contributed by atoms with van der Waals surface area (Å²) in [5.74, 6) is 0.505. The van der Waals surface area contributed by atoms with E-state index in [-0.39, 0.29) is 5.41 Å². The molecule has 11 heavy (non-hydrogen) atoms. The van der Waals surface area contributed by atoms with Gasteiger partial charge < -0.3 is 4.79 Å². The van der Waals surface area contributed by atoms with E-state index in [2.05, 4.69) is 19.9 Å². The molecule has 0 aromatic heterocycles. The fourth-order valence-electron chi connectivity index (χ4n) is 1.67. The van der Waals surface area contributed by atoms with Crippen LogP contribution < -0.4 is 0 Å². The number of hydrogen-bond donors (Lipinski definition) is 0. The monoisotopic (exact) mass is 152 g/mol. The van der Waals surface area contributed by atoms with Crippen LogP contribution in [0, 0.1) is 11.3 Å². The van der Waals surface area contributed by atoms with Gasteiger partial charge in [0.1, 0.15) is 6.29 Å². The van der Waals surface area contributed by atoms with Gasteiger partial charge in [-0.3, -0.25) is 0 Å². The quantitative estimate of drug-likeness (QED) is 0.417. The van der Waals surface area contributed by atoms with Crippen molar-refractivity contribution in [2.45, 2.75) is 33.6 Å². The SMILES string of the molecule is CC1=CCC[C@H](C)[C@@]1(C)C=O. The summed E-state index contributed by atoms with van der Waals surface area (Å²) in [6.07, 6.45) is 5.57. The first-order valence-corrected chi connectivity index (χ1v) is 4.25. The zero-order valence-electron chi connectivity index (χ0n) is 7.55. The molecule has 0 amide bonds. The van der Waals surface area contributed by atoms with Crippen molar-refractivity contribution in [1.82, 2.24) is 0 Å². The minimum absolute atomic E-state index is 0.182. The van der Waals surface area contributed by atoms with Crippen molar-refractivity contribution in [2.24, 2.45) is 11.3 Å². The highest BCUT2D eigenvalue weighted by atomic mass is 16.1.